The van der Waals surface area contributed by atoms with Crippen molar-refractivity contribution in [3.63, 3.8) is 0 Å². The molecule has 0 fully saturated rings. The molecule has 0 saturated heterocycles. The fourth-order valence-electron chi connectivity index (χ4n) is 1.58. The first-order chi connectivity index (χ1) is 7.93. The van der Waals surface area contributed by atoms with Crippen LogP contribution in [0, 0.1) is 0 Å². The molecule has 0 aliphatic rings. The van der Waals surface area contributed by atoms with Crippen LogP contribution in [0.15, 0.2) is 30.3 Å². The van der Waals surface area contributed by atoms with Gasteiger partial charge in [-0.25, -0.2) is 0 Å². The second kappa shape index (κ2) is 9.86. The molecule has 0 N–H and O–H groups in total. The third kappa shape index (κ3) is 7.02. The van der Waals surface area contributed by atoms with Gasteiger partial charge in [0.1, 0.15) is 0 Å². The van der Waals surface area contributed by atoms with Crippen molar-refractivity contribution in [1.29, 1.82) is 0 Å². The zero-order chi connectivity index (χ0) is 11.5. The van der Waals surface area contributed by atoms with Crippen LogP contribution in [0.2, 0.25) is 0 Å². The van der Waals surface area contributed by atoms with Crippen LogP contribution in [0.25, 0.3) is 0 Å². The fraction of sp³-hybridized carbons (Fsp3) is 0.571. The molecule has 2 heteroatoms. The molecule has 1 rings (SSSR count). The molecule has 0 bridgehead atoms. The normalized spacial score (nSPS) is 10.6. The van der Waals surface area contributed by atoms with Crippen LogP contribution in [0.1, 0.15) is 31.2 Å². The van der Waals surface area contributed by atoms with Crippen LogP contribution in [-0.4, -0.2) is 18.5 Å². The lowest BCUT2D eigenvalue weighted by Crippen LogP contribution is -1.98. The summed E-state index contributed by atoms with van der Waals surface area (Å²) >= 11 is 3.41. The van der Waals surface area contributed by atoms with Crippen LogP contribution < -0.4 is 0 Å². The second-order valence-electron chi connectivity index (χ2n) is 3.95. The smallest absolute Gasteiger partial charge is 0.0466 e. The number of rotatable bonds is 9. The van der Waals surface area contributed by atoms with Gasteiger partial charge < -0.3 is 4.74 Å². The highest BCUT2D eigenvalue weighted by Gasteiger charge is 1.93. The maximum absolute atomic E-state index is 5.55. The minimum atomic E-state index is 0.912. The lowest BCUT2D eigenvalue weighted by molar-refractivity contribution is 0.128. The molecule has 0 aliphatic heterocycles. The molecule has 1 aromatic rings. The van der Waals surface area contributed by atoms with Crippen LogP contribution in [0.5, 0.6) is 0 Å². The van der Waals surface area contributed by atoms with Crippen molar-refractivity contribution in [3.8, 4) is 0 Å². The highest BCUT2D eigenvalue weighted by Crippen LogP contribution is 2.04. The summed E-state index contributed by atoms with van der Waals surface area (Å²) in [4.78, 5) is 0. The Morgan fingerprint density at radius 2 is 1.56 bits per heavy atom. The molecular formula is C14H21BrO. The number of hydrogen-bond acceptors (Lipinski definition) is 1. The van der Waals surface area contributed by atoms with E-state index in [4.69, 9.17) is 4.74 Å². The largest absolute Gasteiger partial charge is 0.381 e. The van der Waals surface area contributed by atoms with Crippen LogP contribution in [0.3, 0.4) is 0 Å². The highest BCUT2D eigenvalue weighted by atomic mass is 79.9. The average Bonchev–Trinajstić information content (AvgIpc) is 2.34. The topological polar surface area (TPSA) is 9.23 Å². The number of alkyl halides is 1. The van der Waals surface area contributed by atoms with E-state index in [9.17, 15) is 0 Å². The molecule has 0 heterocycles. The van der Waals surface area contributed by atoms with Gasteiger partial charge in [0.25, 0.3) is 0 Å². The summed E-state index contributed by atoms with van der Waals surface area (Å²) < 4.78 is 5.55. The molecule has 0 unspecified atom stereocenters. The number of aryl methyl sites for hydroxylation is 1. The van der Waals surface area contributed by atoms with E-state index in [1.807, 2.05) is 0 Å². The van der Waals surface area contributed by atoms with E-state index < -0.39 is 0 Å². The summed E-state index contributed by atoms with van der Waals surface area (Å²) in [6.45, 7) is 1.83. The highest BCUT2D eigenvalue weighted by molar-refractivity contribution is 9.09. The molecule has 1 nitrogen and oxygen atoms in total. The van der Waals surface area contributed by atoms with Crippen molar-refractivity contribution in [1.82, 2.24) is 0 Å². The minimum Gasteiger partial charge on any atom is -0.381 e. The summed E-state index contributed by atoms with van der Waals surface area (Å²) in [5, 5.41) is 1.09. The van der Waals surface area contributed by atoms with Crippen LogP contribution in [-0.2, 0) is 11.2 Å². The molecule has 1 aromatic carbocycles. The van der Waals surface area contributed by atoms with Crippen LogP contribution >= 0.6 is 15.9 Å². The Balaban J connectivity index is 1.89. The van der Waals surface area contributed by atoms with Gasteiger partial charge in [-0.3, -0.25) is 0 Å². The molecule has 0 aromatic heterocycles. The van der Waals surface area contributed by atoms with Crippen molar-refractivity contribution in [2.45, 2.75) is 32.1 Å². The fourth-order valence-corrected chi connectivity index (χ4v) is 1.98. The molecule has 0 atom stereocenters. The summed E-state index contributed by atoms with van der Waals surface area (Å²) in [5.74, 6) is 0. The van der Waals surface area contributed by atoms with E-state index in [1.54, 1.807) is 0 Å². The zero-order valence-electron chi connectivity index (χ0n) is 9.83. The number of hydrogen-bond donors (Lipinski definition) is 0. The van der Waals surface area contributed by atoms with Gasteiger partial charge in [-0.1, -0.05) is 46.3 Å². The van der Waals surface area contributed by atoms with Gasteiger partial charge in [0.15, 0.2) is 0 Å². The minimum absolute atomic E-state index is 0.912. The van der Waals surface area contributed by atoms with Gasteiger partial charge in [0, 0.05) is 18.5 Å². The molecule has 16 heavy (non-hydrogen) atoms. The number of halogens is 1. The van der Waals surface area contributed by atoms with E-state index in [0.717, 1.165) is 18.5 Å². The molecule has 0 aliphatic carbocycles. The van der Waals surface area contributed by atoms with Crippen molar-refractivity contribution in [2.75, 3.05) is 18.5 Å². The van der Waals surface area contributed by atoms with E-state index in [1.165, 1.54) is 37.7 Å². The average molecular weight is 285 g/mol. The summed E-state index contributed by atoms with van der Waals surface area (Å²) in [7, 11) is 0. The van der Waals surface area contributed by atoms with E-state index in [-0.39, 0.29) is 0 Å². The Kier molecular flexibility index (Phi) is 8.45. The van der Waals surface area contributed by atoms with Gasteiger partial charge in [0.05, 0.1) is 0 Å². The molecular weight excluding hydrogens is 264 g/mol. The van der Waals surface area contributed by atoms with Gasteiger partial charge >= 0.3 is 0 Å². The van der Waals surface area contributed by atoms with E-state index >= 15 is 0 Å². The lowest BCUT2D eigenvalue weighted by Gasteiger charge is -2.03. The number of ether oxygens (including phenoxy) is 1. The Morgan fingerprint density at radius 3 is 2.25 bits per heavy atom. The third-order valence-corrected chi connectivity index (χ3v) is 3.08. The number of unbranched alkanes of at least 4 members (excludes halogenated alkanes) is 2. The Morgan fingerprint density at radius 1 is 0.875 bits per heavy atom. The summed E-state index contributed by atoms with van der Waals surface area (Å²) in [6, 6.07) is 10.7. The Bertz CT molecular complexity index is 248. The first-order valence-electron chi connectivity index (χ1n) is 6.11. The standard InChI is InChI=1S/C14H21BrO/c15-11-5-7-13-16-12-6-4-10-14-8-2-1-3-9-14/h1-3,8-9H,4-7,10-13H2. The molecule has 0 spiro atoms. The van der Waals surface area contributed by atoms with Gasteiger partial charge in [-0.15, -0.1) is 0 Å². The van der Waals surface area contributed by atoms with Crippen molar-refractivity contribution in [2.24, 2.45) is 0 Å². The SMILES string of the molecule is BrCCCCOCCCCc1ccccc1. The lowest BCUT2D eigenvalue weighted by atomic mass is 10.1. The first-order valence-corrected chi connectivity index (χ1v) is 7.23. The second-order valence-corrected chi connectivity index (χ2v) is 4.74. The molecule has 0 saturated carbocycles. The maximum atomic E-state index is 5.55. The van der Waals surface area contributed by atoms with Crippen molar-refractivity contribution < 1.29 is 4.74 Å². The van der Waals surface area contributed by atoms with E-state index in [2.05, 4.69) is 46.3 Å². The van der Waals surface area contributed by atoms with Gasteiger partial charge in [0.2, 0.25) is 0 Å². The van der Waals surface area contributed by atoms with Crippen LogP contribution in [0.4, 0.5) is 0 Å². The van der Waals surface area contributed by atoms with E-state index in [0.29, 0.717) is 0 Å². The monoisotopic (exact) mass is 284 g/mol. The Labute approximate surface area is 107 Å². The zero-order valence-corrected chi connectivity index (χ0v) is 11.4. The summed E-state index contributed by atoms with van der Waals surface area (Å²) in [6.07, 6.45) is 5.95. The third-order valence-electron chi connectivity index (χ3n) is 2.52. The van der Waals surface area contributed by atoms with Gasteiger partial charge in [-0.05, 0) is 37.7 Å². The number of benzene rings is 1. The predicted molar refractivity (Wildman–Crippen MR) is 73.2 cm³/mol. The predicted octanol–water partition coefficient (Wildman–Crippen LogP) is 4.20. The first kappa shape index (κ1) is 13.7. The molecule has 0 amide bonds. The molecule has 0 radical (unpaired) electrons. The molecule has 90 valence electrons. The maximum Gasteiger partial charge on any atom is 0.0466 e. The van der Waals surface area contributed by atoms with Crippen molar-refractivity contribution >= 4 is 15.9 Å². The van der Waals surface area contributed by atoms with Gasteiger partial charge in [-0.2, -0.15) is 0 Å². The quantitative estimate of drug-likeness (QED) is 0.488. The summed E-state index contributed by atoms with van der Waals surface area (Å²) in [5.41, 5.74) is 1.43. The Hall–Kier alpha value is -0.340. The van der Waals surface area contributed by atoms with Crippen molar-refractivity contribution in [3.05, 3.63) is 35.9 Å².